The third-order valence-corrected chi connectivity index (χ3v) is 3.62. The van der Waals surface area contributed by atoms with Crippen LogP contribution in [0.5, 0.6) is 0 Å². The quantitative estimate of drug-likeness (QED) is 0.616. The fourth-order valence-electron chi connectivity index (χ4n) is 1.59. The summed E-state index contributed by atoms with van der Waals surface area (Å²) in [6, 6.07) is 4.27. The Kier molecular flexibility index (Phi) is 5.26. The zero-order chi connectivity index (χ0) is 16.2. The third-order valence-electron chi connectivity index (χ3n) is 3.62. The molecule has 1 aromatic rings. The number of likely N-dealkylation sites (N-methyl/N-ethyl adjacent to an activating group) is 1. The molecule has 21 heavy (non-hydrogen) atoms. The van der Waals surface area contributed by atoms with E-state index < -0.39 is 4.92 Å². The molecule has 0 heterocycles. The summed E-state index contributed by atoms with van der Waals surface area (Å²) in [6.07, 6.45) is 0. The number of nitrogens with zero attached hydrogens (tertiary/aromatic N) is 2. The molecule has 0 unspecified atom stereocenters. The molecule has 0 spiro atoms. The fourth-order valence-corrected chi connectivity index (χ4v) is 1.59. The van der Waals surface area contributed by atoms with E-state index in [2.05, 4.69) is 10.6 Å². The molecule has 1 amide bonds. The van der Waals surface area contributed by atoms with Crippen molar-refractivity contribution in [3.05, 3.63) is 33.9 Å². The van der Waals surface area contributed by atoms with E-state index in [0.717, 1.165) is 0 Å². The molecule has 7 nitrogen and oxygen atoms in total. The summed E-state index contributed by atoms with van der Waals surface area (Å²) in [4.78, 5) is 24.5. The SMILES string of the molecule is CNc1cc(C(=O)NCC(C)(C)N(C)C)ccc1[N+](=O)[O-]. The molecule has 0 saturated heterocycles. The Hall–Kier alpha value is -2.15. The lowest BCUT2D eigenvalue weighted by molar-refractivity contribution is -0.383. The number of nitro benzene ring substituents is 1. The van der Waals surface area contributed by atoms with Gasteiger partial charge in [0, 0.05) is 30.8 Å². The molecule has 0 saturated carbocycles. The Labute approximate surface area is 124 Å². The third kappa shape index (κ3) is 4.16. The average molecular weight is 294 g/mol. The molecule has 1 rings (SSSR count). The Balaban J connectivity index is 2.87. The van der Waals surface area contributed by atoms with Gasteiger partial charge in [0.25, 0.3) is 11.6 Å². The van der Waals surface area contributed by atoms with Gasteiger partial charge >= 0.3 is 0 Å². The number of amides is 1. The number of rotatable bonds is 6. The van der Waals surface area contributed by atoms with Crippen LogP contribution in [-0.4, -0.2) is 49.0 Å². The lowest BCUT2D eigenvalue weighted by Crippen LogP contribution is -2.48. The number of carbonyl (C=O) groups is 1. The molecule has 0 aliphatic heterocycles. The highest BCUT2D eigenvalue weighted by Crippen LogP contribution is 2.24. The number of hydrogen-bond acceptors (Lipinski definition) is 5. The van der Waals surface area contributed by atoms with Gasteiger partial charge in [-0.2, -0.15) is 0 Å². The van der Waals surface area contributed by atoms with Crippen LogP contribution in [0.2, 0.25) is 0 Å². The van der Waals surface area contributed by atoms with Crippen LogP contribution in [0.25, 0.3) is 0 Å². The molecule has 0 aromatic heterocycles. The van der Waals surface area contributed by atoms with E-state index in [1.165, 1.54) is 18.2 Å². The normalized spacial score (nSPS) is 11.3. The number of hydrogen-bond donors (Lipinski definition) is 2. The molecule has 1 aromatic carbocycles. The van der Waals surface area contributed by atoms with Crippen LogP contribution in [0, 0.1) is 10.1 Å². The smallest absolute Gasteiger partial charge is 0.292 e. The van der Waals surface area contributed by atoms with Crippen molar-refractivity contribution in [3.8, 4) is 0 Å². The summed E-state index contributed by atoms with van der Waals surface area (Å²) in [6.45, 7) is 4.51. The standard InChI is InChI=1S/C14H22N4O3/c1-14(2,17(4)5)9-16-13(19)10-6-7-12(18(20)21)11(8-10)15-3/h6-8,15H,9H2,1-5H3,(H,16,19). The number of nitro groups is 1. The van der Waals surface area contributed by atoms with Crippen molar-refractivity contribution in [2.45, 2.75) is 19.4 Å². The second-order valence-corrected chi connectivity index (χ2v) is 5.63. The summed E-state index contributed by atoms with van der Waals surface area (Å²) >= 11 is 0. The maximum atomic E-state index is 12.1. The largest absolute Gasteiger partial charge is 0.383 e. The Bertz CT molecular complexity index is 541. The van der Waals surface area contributed by atoms with E-state index in [1.54, 1.807) is 7.05 Å². The van der Waals surface area contributed by atoms with Crippen molar-refractivity contribution in [2.24, 2.45) is 0 Å². The van der Waals surface area contributed by atoms with Crippen LogP contribution in [0.4, 0.5) is 11.4 Å². The van der Waals surface area contributed by atoms with Crippen LogP contribution in [0.1, 0.15) is 24.2 Å². The monoisotopic (exact) mass is 294 g/mol. The van der Waals surface area contributed by atoms with Crippen molar-refractivity contribution >= 4 is 17.3 Å². The maximum absolute atomic E-state index is 12.1. The Morgan fingerprint density at radius 2 is 2.00 bits per heavy atom. The van der Waals surface area contributed by atoms with Crippen molar-refractivity contribution in [1.29, 1.82) is 0 Å². The van der Waals surface area contributed by atoms with Gasteiger partial charge in [0.2, 0.25) is 0 Å². The van der Waals surface area contributed by atoms with Crippen molar-refractivity contribution in [2.75, 3.05) is 33.0 Å². The van der Waals surface area contributed by atoms with Gasteiger partial charge in [0.1, 0.15) is 5.69 Å². The zero-order valence-electron chi connectivity index (χ0n) is 13.1. The predicted octanol–water partition coefficient (Wildman–Crippen LogP) is 1.71. The molecule has 0 aliphatic carbocycles. The van der Waals surface area contributed by atoms with E-state index in [1.807, 2.05) is 32.8 Å². The number of carbonyl (C=O) groups excluding carboxylic acids is 1. The van der Waals surface area contributed by atoms with Gasteiger partial charge in [-0.1, -0.05) is 0 Å². The lowest BCUT2D eigenvalue weighted by atomic mass is 10.0. The highest BCUT2D eigenvalue weighted by molar-refractivity contribution is 5.95. The molecular formula is C14H22N4O3. The molecule has 0 fully saturated rings. The summed E-state index contributed by atoms with van der Waals surface area (Å²) in [7, 11) is 5.47. The Morgan fingerprint density at radius 1 is 1.38 bits per heavy atom. The minimum atomic E-state index is -0.483. The number of anilines is 1. The average Bonchev–Trinajstić information content (AvgIpc) is 2.43. The first kappa shape index (κ1) is 16.9. The van der Waals surface area contributed by atoms with Gasteiger partial charge in [-0.15, -0.1) is 0 Å². The van der Waals surface area contributed by atoms with Crippen molar-refractivity contribution < 1.29 is 9.72 Å². The second-order valence-electron chi connectivity index (χ2n) is 5.63. The van der Waals surface area contributed by atoms with Crippen LogP contribution in [0.3, 0.4) is 0 Å². The first-order valence-electron chi connectivity index (χ1n) is 6.61. The van der Waals surface area contributed by atoms with Gasteiger partial charge < -0.3 is 15.5 Å². The highest BCUT2D eigenvalue weighted by Gasteiger charge is 2.22. The number of nitrogens with one attached hydrogen (secondary N) is 2. The van der Waals surface area contributed by atoms with Crippen LogP contribution >= 0.6 is 0 Å². The number of benzene rings is 1. The van der Waals surface area contributed by atoms with E-state index >= 15 is 0 Å². The minimum absolute atomic E-state index is 0.0531. The first-order valence-corrected chi connectivity index (χ1v) is 6.61. The predicted molar refractivity (Wildman–Crippen MR) is 82.7 cm³/mol. The van der Waals surface area contributed by atoms with Crippen LogP contribution < -0.4 is 10.6 Å². The first-order chi connectivity index (χ1) is 9.69. The van der Waals surface area contributed by atoms with Crippen LogP contribution in [0.15, 0.2) is 18.2 Å². The van der Waals surface area contributed by atoms with Gasteiger partial charge in [-0.25, -0.2) is 0 Å². The zero-order valence-corrected chi connectivity index (χ0v) is 13.1. The lowest BCUT2D eigenvalue weighted by Gasteiger charge is -2.32. The summed E-state index contributed by atoms with van der Waals surface area (Å²) < 4.78 is 0. The van der Waals surface area contributed by atoms with E-state index in [-0.39, 0.29) is 17.1 Å². The molecule has 0 atom stereocenters. The van der Waals surface area contributed by atoms with Crippen molar-refractivity contribution in [3.63, 3.8) is 0 Å². The topological polar surface area (TPSA) is 87.5 Å². The Morgan fingerprint density at radius 3 is 2.48 bits per heavy atom. The fraction of sp³-hybridized carbons (Fsp3) is 0.500. The molecule has 0 bridgehead atoms. The van der Waals surface area contributed by atoms with E-state index in [4.69, 9.17) is 0 Å². The summed E-state index contributed by atoms with van der Waals surface area (Å²) in [5.41, 5.74) is 0.476. The molecule has 0 aliphatic rings. The highest BCUT2D eigenvalue weighted by atomic mass is 16.6. The van der Waals surface area contributed by atoms with Gasteiger partial charge in [-0.05, 0) is 40.1 Å². The minimum Gasteiger partial charge on any atom is -0.383 e. The summed E-state index contributed by atoms with van der Waals surface area (Å²) in [5, 5.41) is 16.4. The van der Waals surface area contributed by atoms with Gasteiger partial charge in [0.05, 0.1) is 4.92 Å². The van der Waals surface area contributed by atoms with Crippen molar-refractivity contribution in [1.82, 2.24) is 10.2 Å². The second kappa shape index (κ2) is 6.53. The molecular weight excluding hydrogens is 272 g/mol. The van der Waals surface area contributed by atoms with E-state index in [0.29, 0.717) is 17.8 Å². The molecule has 0 radical (unpaired) electrons. The van der Waals surface area contributed by atoms with Gasteiger partial charge in [0.15, 0.2) is 0 Å². The maximum Gasteiger partial charge on any atom is 0.292 e. The van der Waals surface area contributed by atoms with E-state index in [9.17, 15) is 14.9 Å². The van der Waals surface area contributed by atoms with Crippen LogP contribution in [-0.2, 0) is 0 Å². The summed E-state index contributed by atoms with van der Waals surface area (Å²) in [5.74, 6) is -0.253. The molecule has 116 valence electrons. The molecule has 7 heteroatoms. The molecule has 2 N–H and O–H groups in total. The van der Waals surface area contributed by atoms with Gasteiger partial charge in [-0.3, -0.25) is 14.9 Å².